The first-order valence-electron chi connectivity index (χ1n) is 5.91. The van der Waals surface area contributed by atoms with Gasteiger partial charge in [-0.25, -0.2) is 0 Å². The minimum Gasteiger partial charge on any atom is -0.324 e. The Morgan fingerprint density at radius 3 is 2.21 bits per heavy atom. The first kappa shape index (κ1) is 12.0. The third-order valence-corrected chi connectivity index (χ3v) is 2.98. The van der Waals surface area contributed by atoms with Crippen LogP contribution in [0, 0.1) is 5.41 Å². The van der Waals surface area contributed by atoms with Gasteiger partial charge in [-0.2, -0.15) is 0 Å². The summed E-state index contributed by atoms with van der Waals surface area (Å²) in [7, 11) is 0. The highest BCUT2D eigenvalue weighted by Crippen LogP contribution is 2.25. The van der Waals surface area contributed by atoms with Gasteiger partial charge in [0.1, 0.15) is 0 Å². The van der Waals surface area contributed by atoms with Crippen LogP contribution in [0.2, 0.25) is 0 Å². The van der Waals surface area contributed by atoms with E-state index >= 15 is 0 Å². The van der Waals surface area contributed by atoms with Gasteiger partial charge in [0.15, 0.2) is 0 Å². The maximum Gasteiger partial charge on any atom is 0.0280 e. The van der Waals surface area contributed by atoms with Crippen LogP contribution in [0.15, 0.2) is 0 Å². The average Bonchev–Trinajstić information content (AvgIpc) is 2.02. The van der Waals surface area contributed by atoms with Gasteiger partial charge in [-0.15, -0.1) is 0 Å². The van der Waals surface area contributed by atoms with Crippen molar-refractivity contribution in [2.45, 2.75) is 58.4 Å². The van der Waals surface area contributed by atoms with Crippen LogP contribution in [-0.2, 0) is 0 Å². The molecule has 1 aliphatic rings. The molecule has 0 radical (unpaired) electrons. The molecule has 0 aliphatic heterocycles. The standard InChI is InChI=1S/C12H26N2/c1-11(2,3)9-14-10-12(13)7-5-4-6-8-12/h14H,4-10,13H2,1-3H3. The molecule has 2 nitrogen and oxygen atoms in total. The smallest absolute Gasteiger partial charge is 0.0280 e. The number of hydrogen-bond donors (Lipinski definition) is 2. The molecule has 0 spiro atoms. The molecule has 3 N–H and O–H groups in total. The van der Waals surface area contributed by atoms with E-state index in [1.807, 2.05) is 0 Å². The molecule has 2 heteroatoms. The predicted molar refractivity (Wildman–Crippen MR) is 62.3 cm³/mol. The highest BCUT2D eigenvalue weighted by atomic mass is 14.9. The maximum atomic E-state index is 6.33. The topological polar surface area (TPSA) is 38.0 Å². The zero-order valence-corrected chi connectivity index (χ0v) is 10.0. The molecule has 0 aromatic carbocycles. The summed E-state index contributed by atoms with van der Waals surface area (Å²) in [5.74, 6) is 0. The number of nitrogens with one attached hydrogen (secondary N) is 1. The molecular weight excluding hydrogens is 172 g/mol. The van der Waals surface area contributed by atoms with Gasteiger partial charge in [0.05, 0.1) is 0 Å². The van der Waals surface area contributed by atoms with Crippen LogP contribution in [-0.4, -0.2) is 18.6 Å². The van der Waals surface area contributed by atoms with Crippen molar-refractivity contribution in [3.63, 3.8) is 0 Å². The minimum atomic E-state index is 0.0868. The summed E-state index contributed by atoms with van der Waals surface area (Å²) in [6.07, 6.45) is 6.40. The Morgan fingerprint density at radius 2 is 1.71 bits per heavy atom. The monoisotopic (exact) mass is 198 g/mol. The minimum absolute atomic E-state index is 0.0868. The molecule has 1 rings (SSSR count). The Balaban J connectivity index is 2.22. The fraction of sp³-hybridized carbons (Fsp3) is 1.00. The van der Waals surface area contributed by atoms with Crippen molar-refractivity contribution in [3.8, 4) is 0 Å². The van der Waals surface area contributed by atoms with Crippen molar-refractivity contribution in [2.75, 3.05) is 13.1 Å². The van der Waals surface area contributed by atoms with Gasteiger partial charge in [-0.1, -0.05) is 40.0 Å². The third kappa shape index (κ3) is 4.43. The maximum absolute atomic E-state index is 6.33. The molecule has 84 valence electrons. The number of hydrogen-bond acceptors (Lipinski definition) is 2. The molecule has 1 saturated carbocycles. The van der Waals surface area contributed by atoms with E-state index in [0.717, 1.165) is 13.1 Å². The number of nitrogens with two attached hydrogens (primary N) is 1. The van der Waals surface area contributed by atoms with Crippen molar-refractivity contribution >= 4 is 0 Å². The van der Waals surface area contributed by atoms with Gasteiger partial charge in [0, 0.05) is 18.6 Å². The fourth-order valence-corrected chi connectivity index (χ4v) is 2.12. The molecule has 0 aromatic heterocycles. The van der Waals surface area contributed by atoms with E-state index in [2.05, 4.69) is 26.1 Å². The third-order valence-electron chi connectivity index (χ3n) is 2.98. The lowest BCUT2D eigenvalue weighted by molar-refractivity contribution is 0.267. The normalized spacial score (nSPS) is 22.3. The second kappa shape index (κ2) is 4.63. The van der Waals surface area contributed by atoms with Gasteiger partial charge in [-0.3, -0.25) is 0 Å². The molecule has 0 unspecified atom stereocenters. The van der Waals surface area contributed by atoms with E-state index in [1.165, 1.54) is 32.1 Å². The van der Waals surface area contributed by atoms with Crippen molar-refractivity contribution in [1.29, 1.82) is 0 Å². The fourth-order valence-electron chi connectivity index (χ4n) is 2.12. The molecule has 0 bridgehead atoms. The van der Waals surface area contributed by atoms with Gasteiger partial charge in [0.25, 0.3) is 0 Å². The molecular formula is C12H26N2. The van der Waals surface area contributed by atoms with Crippen molar-refractivity contribution in [1.82, 2.24) is 5.32 Å². The first-order valence-corrected chi connectivity index (χ1v) is 5.91. The Bertz CT molecular complexity index is 164. The lowest BCUT2D eigenvalue weighted by Crippen LogP contribution is -2.51. The molecule has 1 aliphatic carbocycles. The number of rotatable bonds is 3. The Morgan fingerprint density at radius 1 is 1.14 bits per heavy atom. The molecule has 0 heterocycles. The highest BCUT2D eigenvalue weighted by molar-refractivity contribution is 4.89. The molecule has 0 atom stereocenters. The first-order chi connectivity index (χ1) is 6.41. The largest absolute Gasteiger partial charge is 0.324 e. The van der Waals surface area contributed by atoms with Gasteiger partial charge >= 0.3 is 0 Å². The summed E-state index contributed by atoms with van der Waals surface area (Å²) in [4.78, 5) is 0. The second-order valence-electron chi connectivity index (χ2n) is 6.09. The SMILES string of the molecule is CC(C)(C)CNCC1(N)CCCCC1. The quantitative estimate of drug-likeness (QED) is 0.730. The van der Waals surface area contributed by atoms with Crippen LogP contribution in [0.25, 0.3) is 0 Å². The Labute approximate surface area is 88.6 Å². The summed E-state index contributed by atoms with van der Waals surface area (Å²) >= 11 is 0. The van der Waals surface area contributed by atoms with E-state index in [1.54, 1.807) is 0 Å². The van der Waals surface area contributed by atoms with E-state index in [-0.39, 0.29) is 5.54 Å². The van der Waals surface area contributed by atoms with E-state index < -0.39 is 0 Å². The van der Waals surface area contributed by atoms with Gasteiger partial charge in [0.2, 0.25) is 0 Å². The van der Waals surface area contributed by atoms with E-state index in [0.29, 0.717) is 5.41 Å². The van der Waals surface area contributed by atoms with Gasteiger partial charge in [-0.05, 0) is 18.3 Å². The zero-order chi connectivity index (χ0) is 10.7. The second-order valence-corrected chi connectivity index (χ2v) is 6.09. The molecule has 0 aromatic rings. The average molecular weight is 198 g/mol. The van der Waals surface area contributed by atoms with Crippen LogP contribution in [0.1, 0.15) is 52.9 Å². The van der Waals surface area contributed by atoms with Crippen LogP contribution in [0.3, 0.4) is 0 Å². The predicted octanol–water partition coefficient (Wildman–Crippen LogP) is 2.28. The molecule has 14 heavy (non-hydrogen) atoms. The Kier molecular flexibility index (Phi) is 3.96. The molecule has 1 fully saturated rings. The van der Waals surface area contributed by atoms with E-state index in [4.69, 9.17) is 5.73 Å². The van der Waals surface area contributed by atoms with Crippen LogP contribution < -0.4 is 11.1 Å². The molecule has 0 saturated heterocycles. The van der Waals surface area contributed by atoms with Crippen LogP contribution in [0.5, 0.6) is 0 Å². The highest BCUT2D eigenvalue weighted by Gasteiger charge is 2.27. The summed E-state index contributed by atoms with van der Waals surface area (Å²) in [6.45, 7) is 8.81. The Hall–Kier alpha value is -0.0800. The lowest BCUT2D eigenvalue weighted by atomic mass is 9.82. The van der Waals surface area contributed by atoms with Crippen molar-refractivity contribution < 1.29 is 0 Å². The van der Waals surface area contributed by atoms with Crippen molar-refractivity contribution in [3.05, 3.63) is 0 Å². The van der Waals surface area contributed by atoms with Crippen LogP contribution >= 0.6 is 0 Å². The summed E-state index contributed by atoms with van der Waals surface area (Å²) in [6, 6.07) is 0. The van der Waals surface area contributed by atoms with E-state index in [9.17, 15) is 0 Å². The zero-order valence-electron chi connectivity index (χ0n) is 10.0. The summed E-state index contributed by atoms with van der Waals surface area (Å²) in [5.41, 5.74) is 6.78. The van der Waals surface area contributed by atoms with Crippen LogP contribution in [0.4, 0.5) is 0 Å². The molecule has 0 amide bonds. The summed E-state index contributed by atoms with van der Waals surface area (Å²) < 4.78 is 0. The summed E-state index contributed by atoms with van der Waals surface area (Å²) in [5, 5.41) is 3.51. The lowest BCUT2D eigenvalue weighted by Gasteiger charge is -2.34. The van der Waals surface area contributed by atoms with Gasteiger partial charge < -0.3 is 11.1 Å². The van der Waals surface area contributed by atoms with Crippen molar-refractivity contribution in [2.24, 2.45) is 11.1 Å².